The fourth-order valence-corrected chi connectivity index (χ4v) is 1.84. The Kier molecular flexibility index (Phi) is 5.33. The number of aliphatic hydroxyl groups is 1. The van der Waals surface area contributed by atoms with Crippen LogP contribution in [0.15, 0.2) is 28.8 Å². The molecular formula is C16H22N2O3. The Morgan fingerprint density at radius 1 is 1.19 bits per heavy atom. The van der Waals surface area contributed by atoms with Crippen LogP contribution in [0.3, 0.4) is 0 Å². The lowest BCUT2D eigenvalue weighted by molar-refractivity contribution is 0.185. The second kappa shape index (κ2) is 7.22. The van der Waals surface area contributed by atoms with Crippen molar-refractivity contribution < 1.29 is 14.4 Å². The summed E-state index contributed by atoms with van der Waals surface area (Å²) < 4.78 is 10.8. The van der Waals surface area contributed by atoms with Crippen molar-refractivity contribution in [2.45, 2.75) is 52.2 Å². The normalized spacial score (nSPS) is 12.6. The highest BCUT2D eigenvalue weighted by atomic mass is 16.5. The van der Waals surface area contributed by atoms with Gasteiger partial charge in [-0.05, 0) is 37.5 Å². The summed E-state index contributed by atoms with van der Waals surface area (Å²) in [6.07, 6.45) is 1.36. The van der Waals surface area contributed by atoms with Crippen molar-refractivity contribution in [1.82, 2.24) is 10.1 Å². The van der Waals surface area contributed by atoms with Crippen molar-refractivity contribution >= 4 is 0 Å². The number of hydrogen-bond acceptors (Lipinski definition) is 5. The Bertz CT molecular complexity index is 547. The lowest BCUT2D eigenvalue weighted by atomic mass is 10.1. The Hall–Kier alpha value is -1.88. The Labute approximate surface area is 125 Å². The highest BCUT2D eigenvalue weighted by Crippen LogP contribution is 2.16. The van der Waals surface area contributed by atoms with Gasteiger partial charge in [-0.15, -0.1) is 0 Å². The summed E-state index contributed by atoms with van der Waals surface area (Å²) in [4.78, 5) is 4.26. The van der Waals surface area contributed by atoms with E-state index in [-0.39, 0.29) is 12.0 Å². The first-order valence-electron chi connectivity index (χ1n) is 7.27. The number of aromatic nitrogens is 2. The zero-order valence-corrected chi connectivity index (χ0v) is 12.7. The van der Waals surface area contributed by atoms with Gasteiger partial charge in [-0.2, -0.15) is 4.98 Å². The van der Waals surface area contributed by atoms with Crippen molar-refractivity contribution in [1.29, 1.82) is 0 Å². The fourth-order valence-electron chi connectivity index (χ4n) is 1.84. The third kappa shape index (κ3) is 4.86. The van der Waals surface area contributed by atoms with Crippen LogP contribution in [0, 0.1) is 0 Å². The van der Waals surface area contributed by atoms with Crippen molar-refractivity contribution in [2.75, 3.05) is 0 Å². The molecule has 0 spiro atoms. The van der Waals surface area contributed by atoms with Gasteiger partial charge in [-0.3, -0.25) is 0 Å². The van der Waals surface area contributed by atoms with E-state index in [9.17, 15) is 5.11 Å². The number of ether oxygens (including phenoxy) is 1. The molecule has 21 heavy (non-hydrogen) atoms. The van der Waals surface area contributed by atoms with Crippen LogP contribution in [0.2, 0.25) is 0 Å². The van der Waals surface area contributed by atoms with E-state index in [1.54, 1.807) is 6.92 Å². The topological polar surface area (TPSA) is 68.4 Å². The lowest BCUT2D eigenvalue weighted by Crippen LogP contribution is -2.01. The van der Waals surface area contributed by atoms with E-state index < -0.39 is 0 Å². The molecule has 2 aromatic rings. The van der Waals surface area contributed by atoms with Gasteiger partial charge >= 0.3 is 0 Å². The molecule has 0 aliphatic heterocycles. The second-order valence-electron chi connectivity index (χ2n) is 5.52. The van der Waals surface area contributed by atoms with Gasteiger partial charge in [-0.1, -0.05) is 31.1 Å². The SMILES string of the molecule is CC(O)CCc1ccc(OCc2noc(C(C)C)n2)cc1. The first-order valence-corrected chi connectivity index (χ1v) is 7.27. The summed E-state index contributed by atoms with van der Waals surface area (Å²) in [5.41, 5.74) is 1.19. The summed E-state index contributed by atoms with van der Waals surface area (Å²) in [5, 5.41) is 13.2. The number of aliphatic hydroxyl groups excluding tert-OH is 1. The third-order valence-electron chi connectivity index (χ3n) is 3.12. The van der Waals surface area contributed by atoms with Crippen LogP contribution in [-0.2, 0) is 13.0 Å². The molecule has 0 amide bonds. The lowest BCUT2D eigenvalue weighted by Gasteiger charge is -2.06. The summed E-state index contributed by atoms with van der Waals surface area (Å²) in [6.45, 7) is 6.10. The zero-order chi connectivity index (χ0) is 15.2. The third-order valence-corrected chi connectivity index (χ3v) is 3.12. The number of benzene rings is 1. The van der Waals surface area contributed by atoms with Gasteiger partial charge < -0.3 is 14.4 Å². The van der Waals surface area contributed by atoms with Crippen molar-refractivity contribution in [3.05, 3.63) is 41.5 Å². The van der Waals surface area contributed by atoms with Crippen LogP contribution in [0.4, 0.5) is 0 Å². The maximum absolute atomic E-state index is 9.27. The predicted octanol–water partition coefficient (Wildman–Crippen LogP) is 3.09. The molecule has 1 atom stereocenters. The minimum absolute atomic E-state index is 0.222. The van der Waals surface area contributed by atoms with Gasteiger partial charge in [0.15, 0.2) is 6.61 Å². The maximum Gasteiger partial charge on any atom is 0.229 e. The van der Waals surface area contributed by atoms with E-state index in [0.717, 1.165) is 18.6 Å². The van der Waals surface area contributed by atoms with Crippen molar-refractivity contribution in [3.63, 3.8) is 0 Å². The Morgan fingerprint density at radius 3 is 2.48 bits per heavy atom. The van der Waals surface area contributed by atoms with E-state index in [1.807, 2.05) is 38.1 Å². The molecule has 114 valence electrons. The molecule has 1 unspecified atom stereocenters. The smallest absolute Gasteiger partial charge is 0.229 e. The summed E-state index contributed by atoms with van der Waals surface area (Å²) in [6, 6.07) is 7.85. The molecule has 0 saturated carbocycles. The standard InChI is InChI=1S/C16H22N2O3/c1-11(2)16-17-15(18-21-16)10-20-14-8-6-13(7-9-14)5-4-12(3)19/h6-9,11-12,19H,4-5,10H2,1-3H3. The maximum atomic E-state index is 9.27. The van der Waals surface area contributed by atoms with Gasteiger partial charge in [0.05, 0.1) is 6.10 Å². The van der Waals surface area contributed by atoms with Crippen LogP contribution >= 0.6 is 0 Å². The highest BCUT2D eigenvalue weighted by molar-refractivity contribution is 5.27. The number of rotatable bonds is 7. The summed E-state index contributed by atoms with van der Waals surface area (Å²) in [5.74, 6) is 2.17. The van der Waals surface area contributed by atoms with Crippen LogP contribution in [-0.4, -0.2) is 21.4 Å². The highest BCUT2D eigenvalue weighted by Gasteiger charge is 2.10. The Balaban J connectivity index is 1.85. The largest absolute Gasteiger partial charge is 0.485 e. The molecule has 5 nitrogen and oxygen atoms in total. The number of hydrogen-bond donors (Lipinski definition) is 1. The van der Waals surface area contributed by atoms with Crippen LogP contribution < -0.4 is 4.74 Å². The average Bonchev–Trinajstić information content (AvgIpc) is 2.93. The first-order chi connectivity index (χ1) is 10.0. The second-order valence-corrected chi connectivity index (χ2v) is 5.52. The Morgan fingerprint density at radius 2 is 1.90 bits per heavy atom. The van der Waals surface area contributed by atoms with E-state index in [1.165, 1.54) is 5.56 Å². The molecule has 5 heteroatoms. The van der Waals surface area contributed by atoms with Gasteiger partial charge in [0.2, 0.25) is 11.7 Å². The van der Waals surface area contributed by atoms with E-state index in [0.29, 0.717) is 18.3 Å². The molecule has 0 aliphatic rings. The van der Waals surface area contributed by atoms with E-state index in [4.69, 9.17) is 9.26 Å². The quantitative estimate of drug-likeness (QED) is 0.848. The molecule has 0 saturated heterocycles. The average molecular weight is 290 g/mol. The predicted molar refractivity (Wildman–Crippen MR) is 79.2 cm³/mol. The van der Waals surface area contributed by atoms with Crippen LogP contribution in [0.5, 0.6) is 5.75 Å². The van der Waals surface area contributed by atoms with Crippen molar-refractivity contribution in [2.24, 2.45) is 0 Å². The van der Waals surface area contributed by atoms with Gasteiger partial charge in [0.25, 0.3) is 0 Å². The minimum atomic E-state index is -0.269. The van der Waals surface area contributed by atoms with Crippen molar-refractivity contribution in [3.8, 4) is 5.75 Å². The minimum Gasteiger partial charge on any atom is -0.485 e. The zero-order valence-electron chi connectivity index (χ0n) is 12.7. The molecule has 0 aliphatic carbocycles. The van der Waals surface area contributed by atoms with Gasteiger partial charge in [-0.25, -0.2) is 0 Å². The molecule has 2 rings (SSSR count). The van der Waals surface area contributed by atoms with Crippen LogP contribution in [0.1, 0.15) is 50.4 Å². The molecule has 0 bridgehead atoms. The monoisotopic (exact) mass is 290 g/mol. The molecular weight excluding hydrogens is 268 g/mol. The molecule has 0 radical (unpaired) electrons. The van der Waals surface area contributed by atoms with Crippen LogP contribution in [0.25, 0.3) is 0 Å². The molecule has 1 N–H and O–H groups in total. The van der Waals surface area contributed by atoms with Gasteiger partial charge in [0.1, 0.15) is 5.75 Å². The molecule has 1 aromatic heterocycles. The molecule has 1 heterocycles. The summed E-state index contributed by atoms with van der Waals surface area (Å²) >= 11 is 0. The van der Waals surface area contributed by atoms with E-state index in [2.05, 4.69) is 10.1 Å². The van der Waals surface area contributed by atoms with E-state index >= 15 is 0 Å². The molecule has 1 aromatic carbocycles. The number of aryl methyl sites for hydroxylation is 1. The summed E-state index contributed by atoms with van der Waals surface area (Å²) in [7, 11) is 0. The number of nitrogens with zero attached hydrogens (tertiary/aromatic N) is 2. The first kappa shape index (κ1) is 15.5. The van der Waals surface area contributed by atoms with Gasteiger partial charge in [0, 0.05) is 5.92 Å². The fraction of sp³-hybridized carbons (Fsp3) is 0.500. The molecule has 0 fully saturated rings.